The van der Waals surface area contributed by atoms with Gasteiger partial charge in [0.1, 0.15) is 11.6 Å². The van der Waals surface area contributed by atoms with Crippen LogP contribution in [-0.4, -0.2) is 25.8 Å². The lowest BCUT2D eigenvalue weighted by atomic mass is 10.1. The van der Waals surface area contributed by atoms with Gasteiger partial charge in [-0.05, 0) is 44.7 Å². The quantitative estimate of drug-likeness (QED) is 0.888. The number of amides is 1. The molecule has 6 heteroatoms. The minimum atomic E-state index is -0.197. The zero-order chi connectivity index (χ0) is 16.0. The minimum Gasteiger partial charge on any atom is -0.508 e. The van der Waals surface area contributed by atoms with Crippen LogP contribution in [0.5, 0.6) is 5.75 Å². The van der Waals surface area contributed by atoms with Gasteiger partial charge in [-0.1, -0.05) is 6.07 Å². The number of rotatable bonds is 5. The second-order valence-corrected chi connectivity index (χ2v) is 6.48. The normalized spacial score (nSPS) is 17.3. The van der Waals surface area contributed by atoms with Gasteiger partial charge in [0.05, 0.1) is 6.54 Å². The molecule has 0 unspecified atom stereocenters. The number of nitrogens with one attached hydrogen (secondary N) is 1. The topological polar surface area (TPSA) is 80.0 Å². The molecule has 1 heterocycles. The van der Waals surface area contributed by atoms with Crippen LogP contribution in [0.15, 0.2) is 18.2 Å². The minimum absolute atomic E-state index is 0.134. The van der Waals surface area contributed by atoms with Crippen molar-refractivity contribution in [2.45, 2.75) is 51.1 Å². The summed E-state index contributed by atoms with van der Waals surface area (Å²) in [6.07, 6.45) is 4.73. The summed E-state index contributed by atoms with van der Waals surface area (Å²) >= 11 is 0. The number of carbonyl (C=O) groups is 1. The Hall–Kier alpha value is -2.37. The number of carbonyl (C=O) groups excluding carboxylic acids is 1. The lowest BCUT2D eigenvalue weighted by Crippen LogP contribution is -2.25. The van der Waals surface area contributed by atoms with Crippen LogP contribution in [-0.2, 0) is 6.54 Å². The molecule has 4 rings (SSSR count). The zero-order valence-corrected chi connectivity index (χ0v) is 13.1. The monoisotopic (exact) mass is 312 g/mol. The fourth-order valence-corrected chi connectivity index (χ4v) is 2.93. The molecule has 0 saturated heterocycles. The van der Waals surface area contributed by atoms with E-state index in [1.807, 2.05) is 0 Å². The van der Waals surface area contributed by atoms with E-state index in [1.165, 1.54) is 25.7 Å². The van der Waals surface area contributed by atoms with Crippen molar-refractivity contribution < 1.29 is 9.90 Å². The average molecular weight is 312 g/mol. The van der Waals surface area contributed by atoms with Gasteiger partial charge in [0.25, 0.3) is 5.91 Å². The van der Waals surface area contributed by atoms with Crippen molar-refractivity contribution in [2.75, 3.05) is 0 Å². The summed E-state index contributed by atoms with van der Waals surface area (Å²) in [4.78, 5) is 12.4. The molecule has 1 amide bonds. The van der Waals surface area contributed by atoms with Crippen molar-refractivity contribution in [3.63, 3.8) is 0 Å². The first-order valence-corrected chi connectivity index (χ1v) is 8.15. The molecule has 6 nitrogen and oxygen atoms in total. The third kappa shape index (κ3) is 2.69. The van der Waals surface area contributed by atoms with E-state index in [0.717, 1.165) is 11.6 Å². The molecule has 1 aromatic heterocycles. The Labute approximate surface area is 134 Å². The van der Waals surface area contributed by atoms with Gasteiger partial charge in [-0.25, -0.2) is 0 Å². The van der Waals surface area contributed by atoms with E-state index in [1.54, 1.807) is 25.1 Å². The Bertz CT molecular complexity index is 760. The summed E-state index contributed by atoms with van der Waals surface area (Å²) in [5, 5.41) is 21.3. The molecule has 2 N–H and O–H groups in total. The third-order valence-electron chi connectivity index (χ3n) is 4.60. The van der Waals surface area contributed by atoms with Crippen molar-refractivity contribution in [1.82, 2.24) is 20.1 Å². The maximum absolute atomic E-state index is 12.4. The van der Waals surface area contributed by atoms with E-state index in [0.29, 0.717) is 29.6 Å². The van der Waals surface area contributed by atoms with Crippen molar-refractivity contribution in [1.29, 1.82) is 0 Å². The first-order valence-electron chi connectivity index (χ1n) is 8.15. The van der Waals surface area contributed by atoms with Crippen molar-refractivity contribution in [3.8, 4) is 5.75 Å². The highest BCUT2D eigenvalue weighted by Gasteiger charge is 2.36. The van der Waals surface area contributed by atoms with Crippen molar-refractivity contribution in [3.05, 3.63) is 41.0 Å². The molecule has 1 aromatic carbocycles. The highest BCUT2D eigenvalue weighted by atomic mass is 16.3. The van der Waals surface area contributed by atoms with Gasteiger partial charge in [0, 0.05) is 23.1 Å². The van der Waals surface area contributed by atoms with Gasteiger partial charge in [-0.15, -0.1) is 10.2 Å². The Morgan fingerprint density at radius 2 is 2.09 bits per heavy atom. The van der Waals surface area contributed by atoms with Crippen LogP contribution in [0.3, 0.4) is 0 Å². The molecule has 23 heavy (non-hydrogen) atoms. The average Bonchev–Trinajstić information content (AvgIpc) is 3.46. The predicted octanol–water partition coefficient (Wildman–Crippen LogP) is 2.43. The van der Waals surface area contributed by atoms with Crippen LogP contribution in [0.2, 0.25) is 0 Å². The first-order chi connectivity index (χ1) is 11.1. The van der Waals surface area contributed by atoms with Gasteiger partial charge < -0.3 is 15.0 Å². The smallest absolute Gasteiger partial charge is 0.252 e. The molecule has 2 aliphatic rings. The summed E-state index contributed by atoms with van der Waals surface area (Å²) in [7, 11) is 0. The zero-order valence-electron chi connectivity index (χ0n) is 13.1. The maximum atomic E-state index is 12.4. The number of phenols is 1. The number of benzene rings is 1. The Morgan fingerprint density at radius 3 is 2.78 bits per heavy atom. The summed E-state index contributed by atoms with van der Waals surface area (Å²) in [5.74, 6) is 2.42. The number of hydrogen-bond acceptors (Lipinski definition) is 4. The molecule has 2 aliphatic carbocycles. The molecule has 0 radical (unpaired) electrons. The molecule has 0 atom stereocenters. The largest absolute Gasteiger partial charge is 0.508 e. The van der Waals surface area contributed by atoms with Gasteiger partial charge in [-0.3, -0.25) is 4.79 Å². The standard InChI is InChI=1S/C17H20N4O2/c1-10-13(3-2-4-14(10)22)17(23)18-9-15-19-20-16(11-5-6-11)21(15)12-7-8-12/h2-4,11-12,22H,5-9H2,1H3,(H,18,23). The summed E-state index contributed by atoms with van der Waals surface area (Å²) in [6, 6.07) is 5.48. The summed E-state index contributed by atoms with van der Waals surface area (Å²) in [5.41, 5.74) is 1.08. The Morgan fingerprint density at radius 1 is 1.30 bits per heavy atom. The molecule has 0 spiro atoms. The molecular weight excluding hydrogens is 292 g/mol. The summed E-state index contributed by atoms with van der Waals surface area (Å²) in [6.45, 7) is 2.10. The van der Waals surface area contributed by atoms with E-state index < -0.39 is 0 Å². The molecular formula is C17H20N4O2. The Balaban J connectivity index is 1.51. The van der Waals surface area contributed by atoms with Crippen molar-refractivity contribution in [2.24, 2.45) is 0 Å². The molecule has 120 valence electrons. The van der Waals surface area contributed by atoms with E-state index in [-0.39, 0.29) is 11.7 Å². The van der Waals surface area contributed by atoms with Crippen LogP contribution in [0.1, 0.15) is 65.2 Å². The fraction of sp³-hybridized carbons (Fsp3) is 0.471. The molecule has 0 aliphatic heterocycles. The van der Waals surface area contributed by atoms with Crippen molar-refractivity contribution >= 4 is 5.91 Å². The lowest BCUT2D eigenvalue weighted by Gasteiger charge is -2.11. The summed E-state index contributed by atoms with van der Waals surface area (Å²) < 4.78 is 2.23. The van der Waals surface area contributed by atoms with Crippen LogP contribution in [0.25, 0.3) is 0 Å². The Kier molecular flexibility index (Phi) is 3.32. The van der Waals surface area contributed by atoms with E-state index in [4.69, 9.17) is 0 Å². The van der Waals surface area contributed by atoms with E-state index >= 15 is 0 Å². The lowest BCUT2D eigenvalue weighted by molar-refractivity contribution is 0.0948. The predicted molar refractivity (Wildman–Crippen MR) is 84.3 cm³/mol. The molecule has 2 fully saturated rings. The number of aromatic nitrogens is 3. The molecule has 2 saturated carbocycles. The van der Waals surface area contributed by atoms with Gasteiger partial charge in [-0.2, -0.15) is 0 Å². The molecule has 0 bridgehead atoms. The first kappa shape index (κ1) is 14.2. The number of phenolic OH excluding ortho intramolecular Hbond substituents is 1. The van der Waals surface area contributed by atoms with E-state index in [9.17, 15) is 9.90 Å². The highest BCUT2D eigenvalue weighted by Crippen LogP contribution is 2.44. The number of aromatic hydroxyl groups is 1. The van der Waals surface area contributed by atoms with Gasteiger partial charge in [0.2, 0.25) is 0 Å². The molecule has 2 aromatic rings. The number of hydrogen-bond donors (Lipinski definition) is 2. The van der Waals surface area contributed by atoms with E-state index in [2.05, 4.69) is 20.1 Å². The maximum Gasteiger partial charge on any atom is 0.252 e. The van der Waals surface area contributed by atoms with Crippen LogP contribution in [0.4, 0.5) is 0 Å². The van der Waals surface area contributed by atoms with Gasteiger partial charge in [0.15, 0.2) is 5.82 Å². The fourth-order valence-electron chi connectivity index (χ4n) is 2.93. The van der Waals surface area contributed by atoms with Crippen LogP contribution < -0.4 is 5.32 Å². The third-order valence-corrected chi connectivity index (χ3v) is 4.60. The van der Waals surface area contributed by atoms with Gasteiger partial charge >= 0.3 is 0 Å². The SMILES string of the molecule is Cc1c(O)cccc1C(=O)NCc1nnc(C2CC2)n1C1CC1. The highest BCUT2D eigenvalue weighted by molar-refractivity contribution is 5.96. The van der Waals surface area contributed by atoms with Crippen LogP contribution in [0, 0.1) is 6.92 Å². The number of nitrogens with zero attached hydrogens (tertiary/aromatic N) is 3. The van der Waals surface area contributed by atoms with Crippen LogP contribution >= 0.6 is 0 Å². The second kappa shape index (κ2) is 5.37. The second-order valence-electron chi connectivity index (χ2n) is 6.48.